The number of benzene rings is 2. The minimum Gasteiger partial charge on any atom is -0.493 e. The first-order valence-electron chi connectivity index (χ1n) is 12.3. The van der Waals surface area contributed by atoms with Crippen LogP contribution in [-0.4, -0.2) is 41.7 Å². The molecule has 1 amide bonds. The summed E-state index contributed by atoms with van der Waals surface area (Å²) >= 11 is 0. The predicted octanol–water partition coefficient (Wildman–Crippen LogP) is 5.61. The molecule has 0 aromatic heterocycles. The molecule has 2 aromatic carbocycles. The van der Waals surface area contributed by atoms with Crippen molar-refractivity contribution in [2.75, 3.05) is 24.6 Å². The van der Waals surface area contributed by atoms with E-state index in [1.54, 1.807) is 19.1 Å². The Morgan fingerprint density at radius 3 is 2.46 bits per heavy atom. The lowest BCUT2D eigenvalue weighted by Crippen LogP contribution is -2.35. The molecule has 1 heterocycles. The quantitative estimate of drug-likeness (QED) is 0.331. The van der Waals surface area contributed by atoms with Crippen molar-refractivity contribution in [3.8, 4) is 5.75 Å². The maximum absolute atomic E-state index is 13.4. The number of hydrogen-bond donors (Lipinski definition) is 1. The fraction of sp³-hybridized carbons (Fsp3) is 0.481. The van der Waals surface area contributed by atoms with Gasteiger partial charge < -0.3 is 14.7 Å². The second kappa shape index (κ2) is 12.3. The van der Waals surface area contributed by atoms with Gasteiger partial charge in [0.2, 0.25) is 5.91 Å². The lowest BCUT2D eigenvalue weighted by atomic mass is 9.93. The van der Waals surface area contributed by atoms with E-state index in [0.717, 1.165) is 42.2 Å². The zero-order chi connectivity index (χ0) is 25.4. The monoisotopic (exact) mass is 481 g/mol. The van der Waals surface area contributed by atoms with Crippen molar-refractivity contribution in [2.45, 2.75) is 58.9 Å². The number of aromatic carboxylic acids is 1. The number of carboxylic acids is 1. The number of nitrogens with zero attached hydrogens (tertiary/aromatic N) is 3. The van der Waals surface area contributed by atoms with E-state index in [0.29, 0.717) is 18.6 Å². The maximum atomic E-state index is 13.4. The Bertz CT molecular complexity index is 1030. The molecule has 0 aliphatic carbocycles. The molecule has 3 rings (SSSR count). The van der Waals surface area contributed by atoms with E-state index in [1.807, 2.05) is 18.2 Å². The SMILES string of the molecule is CCOc1cc(CC(=O)N(N=O)[C@@H](CC(C)C)c2ccccc2N2CCCCC2)ccc1C(=O)O. The van der Waals surface area contributed by atoms with E-state index >= 15 is 0 Å². The number of piperidine rings is 1. The molecular weight excluding hydrogens is 446 g/mol. The summed E-state index contributed by atoms with van der Waals surface area (Å²) in [6, 6.07) is 12.0. The van der Waals surface area contributed by atoms with Gasteiger partial charge in [-0.1, -0.05) is 38.1 Å². The molecule has 1 saturated heterocycles. The summed E-state index contributed by atoms with van der Waals surface area (Å²) in [5.41, 5.74) is 2.56. The zero-order valence-electron chi connectivity index (χ0n) is 20.8. The highest BCUT2D eigenvalue weighted by Gasteiger charge is 2.31. The Hall–Kier alpha value is -3.42. The topological polar surface area (TPSA) is 99.5 Å². The van der Waals surface area contributed by atoms with Crippen LogP contribution < -0.4 is 9.64 Å². The first kappa shape index (κ1) is 26.2. The number of carbonyl (C=O) groups excluding carboxylic acids is 1. The molecule has 0 bridgehead atoms. The smallest absolute Gasteiger partial charge is 0.339 e. The Morgan fingerprint density at radius 2 is 1.83 bits per heavy atom. The van der Waals surface area contributed by atoms with Gasteiger partial charge >= 0.3 is 5.97 Å². The van der Waals surface area contributed by atoms with Crippen LogP contribution in [0.4, 0.5) is 5.69 Å². The summed E-state index contributed by atoms with van der Waals surface area (Å²) in [6.07, 6.45) is 3.94. The maximum Gasteiger partial charge on any atom is 0.339 e. The molecule has 1 atom stereocenters. The molecule has 0 radical (unpaired) electrons. The molecule has 35 heavy (non-hydrogen) atoms. The first-order valence-corrected chi connectivity index (χ1v) is 12.3. The Balaban J connectivity index is 1.92. The number of anilines is 1. The average molecular weight is 482 g/mol. The van der Waals surface area contributed by atoms with Crippen molar-refractivity contribution in [3.05, 3.63) is 64.1 Å². The molecule has 1 aliphatic heterocycles. The van der Waals surface area contributed by atoms with Gasteiger partial charge in [0.25, 0.3) is 0 Å². The minimum absolute atomic E-state index is 0.0292. The van der Waals surface area contributed by atoms with E-state index in [4.69, 9.17) is 4.74 Å². The van der Waals surface area contributed by atoms with Crippen molar-refractivity contribution < 1.29 is 19.4 Å². The van der Waals surface area contributed by atoms with E-state index in [2.05, 4.69) is 30.1 Å². The molecule has 2 aromatic rings. The number of nitroso groups, excluding NO2 is 1. The van der Waals surface area contributed by atoms with Crippen molar-refractivity contribution >= 4 is 17.6 Å². The molecular formula is C27H35N3O5. The molecule has 0 spiro atoms. The third-order valence-corrected chi connectivity index (χ3v) is 6.26. The lowest BCUT2D eigenvalue weighted by molar-refractivity contribution is -0.133. The van der Waals surface area contributed by atoms with Crippen LogP contribution in [0.3, 0.4) is 0 Å². The summed E-state index contributed by atoms with van der Waals surface area (Å²) in [7, 11) is 0. The van der Waals surface area contributed by atoms with Crippen LogP contribution >= 0.6 is 0 Å². The van der Waals surface area contributed by atoms with E-state index < -0.39 is 17.9 Å². The molecule has 8 heteroatoms. The molecule has 1 N–H and O–H groups in total. The second-order valence-electron chi connectivity index (χ2n) is 9.32. The summed E-state index contributed by atoms with van der Waals surface area (Å²) < 4.78 is 5.46. The van der Waals surface area contributed by atoms with Gasteiger partial charge in [0.05, 0.1) is 24.4 Å². The number of para-hydroxylation sites is 1. The highest BCUT2D eigenvalue weighted by atomic mass is 16.5. The van der Waals surface area contributed by atoms with Gasteiger partial charge in [-0.25, -0.2) is 4.79 Å². The fourth-order valence-corrected chi connectivity index (χ4v) is 4.66. The number of rotatable bonds is 11. The third kappa shape index (κ3) is 6.59. The zero-order valence-corrected chi connectivity index (χ0v) is 20.8. The predicted molar refractivity (Wildman–Crippen MR) is 136 cm³/mol. The molecule has 1 aliphatic rings. The Labute approximate surface area is 206 Å². The largest absolute Gasteiger partial charge is 0.493 e. The summed E-state index contributed by atoms with van der Waals surface area (Å²) in [5.74, 6) is -1.12. The van der Waals surface area contributed by atoms with Crippen LogP contribution in [0, 0.1) is 10.8 Å². The van der Waals surface area contributed by atoms with E-state index in [1.165, 1.54) is 12.5 Å². The van der Waals surface area contributed by atoms with Crippen LogP contribution in [-0.2, 0) is 11.2 Å². The van der Waals surface area contributed by atoms with Crippen LogP contribution in [0.2, 0.25) is 0 Å². The highest BCUT2D eigenvalue weighted by Crippen LogP contribution is 2.36. The number of amides is 1. The number of ether oxygens (including phenoxy) is 1. The van der Waals surface area contributed by atoms with Gasteiger partial charge in [-0.15, -0.1) is 4.91 Å². The molecule has 188 valence electrons. The standard InChI is InChI=1S/C27H35N3O5/c1-4-35-25-17-20(12-13-22(25)27(32)33)18-26(31)30(28-34)24(16-19(2)3)21-10-6-7-11-23(21)29-14-8-5-9-15-29/h6-7,10-13,17,19,24H,4-5,8-9,14-16,18H2,1-3H3,(H,32,33)/t24-/m0/s1. The summed E-state index contributed by atoms with van der Waals surface area (Å²) in [5, 5.41) is 13.7. The molecule has 0 saturated carbocycles. The van der Waals surface area contributed by atoms with Gasteiger partial charge in [0.15, 0.2) is 0 Å². The average Bonchev–Trinajstić information content (AvgIpc) is 2.84. The van der Waals surface area contributed by atoms with Crippen LogP contribution in [0.5, 0.6) is 5.75 Å². The van der Waals surface area contributed by atoms with E-state index in [-0.39, 0.29) is 23.7 Å². The van der Waals surface area contributed by atoms with Gasteiger partial charge in [0, 0.05) is 24.3 Å². The van der Waals surface area contributed by atoms with Gasteiger partial charge in [0.1, 0.15) is 11.3 Å². The van der Waals surface area contributed by atoms with Crippen molar-refractivity contribution in [1.82, 2.24) is 5.01 Å². The molecule has 0 unspecified atom stereocenters. The number of hydrogen-bond acceptors (Lipinski definition) is 6. The normalized spacial score (nSPS) is 14.5. The minimum atomic E-state index is -1.10. The van der Waals surface area contributed by atoms with E-state index in [9.17, 15) is 19.6 Å². The van der Waals surface area contributed by atoms with Crippen molar-refractivity contribution in [2.24, 2.45) is 11.2 Å². The number of carbonyl (C=O) groups is 2. The molecule has 1 fully saturated rings. The second-order valence-corrected chi connectivity index (χ2v) is 9.32. The summed E-state index contributed by atoms with van der Waals surface area (Å²) in [6.45, 7) is 8.07. The van der Waals surface area contributed by atoms with Gasteiger partial charge in [-0.05, 0) is 62.3 Å². The van der Waals surface area contributed by atoms with Gasteiger partial charge in [-0.2, -0.15) is 5.01 Å². The Morgan fingerprint density at radius 1 is 1.11 bits per heavy atom. The fourth-order valence-electron chi connectivity index (χ4n) is 4.66. The molecule has 8 nitrogen and oxygen atoms in total. The Kier molecular flexibility index (Phi) is 9.23. The first-order chi connectivity index (χ1) is 16.8. The third-order valence-electron chi connectivity index (χ3n) is 6.26. The van der Waals surface area contributed by atoms with Crippen molar-refractivity contribution in [1.29, 1.82) is 0 Å². The highest BCUT2D eigenvalue weighted by molar-refractivity contribution is 5.91. The van der Waals surface area contributed by atoms with Crippen molar-refractivity contribution in [3.63, 3.8) is 0 Å². The van der Waals surface area contributed by atoms with Crippen LogP contribution in [0.1, 0.15) is 74.0 Å². The van der Waals surface area contributed by atoms with Crippen LogP contribution in [0.25, 0.3) is 0 Å². The summed E-state index contributed by atoms with van der Waals surface area (Å²) in [4.78, 5) is 39.3. The number of carboxylic acid groups (broad SMARTS) is 1. The van der Waals surface area contributed by atoms with Gasteiger partial charge in [-0.3, -0.25) is 4.79 Å². The van der Waals surface area contributed by atoms with Crippen LogP contribution in [0.15, 0.2) is 47.8 Å². The lowest BCUT2D eigenvalue weighted by Gasteiger charge is -2.34.